The van der Waals surface area contributed by atoms with E-state index >= 15 is 0 Å². The minimum Gasteiger partial charge on any atom is -0.503 e. The Balaban J connectivity index is 0.000000830. The number of amides is 3. The molecule has 2 saturated heterocycles. The molecule has 5 fully saturated rings. The fraction of sp³-hybridized carbons (Fsp3) is 0.477. The van der Waals surface area contributed by atoms with Gasteiger partial charge in [0, 0.05) is 51.6 Å². The number of nitrogens with zero attached hydrogens (tertiary/aromatic N) is 8. The standard InChI is InChI=1S/C42H45F3N10O6.C2HF3O2/c1-52-30-19-24(4-5-28(30)55(40(52)60)29-6-7-32(56)49-37(29)59)3-2-14-53-15-17-54(18-16-53)31-22-46-27(21-47-31)38-50-39(51-61-38)42-11-8-41(9-12-42,10-13-42)23-48-36(58)25-20-26(43)35(57)34(45)33(25)44;3-2(4,5)1(6)7/h4-5,19-22,29,57H,2-3,6-18,23H2,1H3,(H,48,58)(H,49,56,59);(H,6,7)/t29-,41?,42?;/m1./s1. The Hall–Kier alpha value is -6.85. The number of piperazine rings is 1. The third kappa shape index (κ3) is 9.49. The molecule has 0 unspecified atom stereocenters. The number of carboxylic acids is 1. The molecular weight excluding hydrogens is 911 g/mol. The van der Waals surface area contributed by atoms with Crippen LogP contribution in [0.2, 0.25) is 0 Å². The van der Waals surface area contributed by atoms with Gasteiger partial charge in [0.1, 0.15) is 17.6 Å². The first-order chi connectivity index (χ1) is 32.3. The van der Waals surface area contributed by atoms with Gasteiger partial charge in [0.25, 0.3) is 11.8 Å². The van der Waals surface area contributed by atoms with Gasteiger partial charge >= 0.3 is 17.8 Å². The van der Waals surface area contributed by atoms with Crippen LogP contribution in [-0.2, 0) is 33.3 Å². The third-order valence-corrected chi connectivity index (χ3v) is 13.7. The molecule has 24 heteroatoms. The van der Waals surface area contributed by atoms with Crippen LogP contribution in [0, 0.1) is 22.9 Å². The van der Waals surface area contributed by atoms with Gasteiger partial charge in [-0.3, -0.25) is 33.7 Å². The molecule has 2 aromatic carbocycles. The van der Waals surface area contributed by atoms with Gasteiger partial charge in [-0.2, -0.15) is 22.5 Å². The summed E-state index contributed by atoms with van der Waals surface area (Å²) in [5, 5.41) is 25.8. The Morgan fingerprint density at radius 2 is 1.63 bits per heavy atom. The van der Waals surface area contributed by atoms with Crippen LogP contribution < -0.4 is 21.2 Å². The number of benzene rings is 2. The number of nitrogens with one attached hydrogen (secondary N) is 2. The number of phenolic OH excluding ortho intramolecular Hbond substituents is 1. The fourth-order valence-corrected chi connectivity index (χ4v) is 9.62. The van der Waals surface area contributed by atoms with Crippen LogP contribution in [0.3, 0.4) is 0 Å². The molecule has 68 heavy (non-hydrogen) atoms. The van der Waals surface area contributed by atoms with Crippen molar-refractivity contribution in [2.45, 2.75) is 81.8 Å². The van der Waals surface area contributed by atoms with Gasteiger partial charge in [0.15, 0.2) is 23.2 Å². The number of aryl methyl sites for hydroxylation is 2. The van der Waals surface area contributed by atoms with Crippen molar-refractivity contribution >= 4 is 40.5 Å². The largest absolute Gasteiger partial charge is 0.503 e. The fourth-order valence-electron chi connectivity index (χ4n) is 9.62. The molecule has 4 N–H and O–H groups in total. The lowest BCUT2D eigenvalue weighted by Gasteiger charge is -2.52. The lowest BCUT2D eigenvalue weighted by molar-refractivity contribution is -0.192. The monoisotopic (exact) mass is 956 g/mol. The molecule has 5 aromatic rings. The number of aromatic nitrogens is 6. The summed E-state index contributed by atoms with van der Waals surface area (Å²) in [6.07, 6.45) is 5.01. The van der Waals surface area contributed by atoms with E-state index in [1.165, 1.54) is 4.57 Å². The smallest absolute Gasteiger partial charge is 0.490 e. The van der Waals surface area contributed by atoms with Crippen molar-refractivity contribution < 1.29 is 60.3 Å². The highest BCUT2D eigenvalue weighted by atomic mass is 19.4. The van der Waals surface area contributed by atoms with Gasteiger partial charge in [-0.1, -0.05) is 11.2 Å². The molecule has 0 radical (unpaired) electrons. The van der Waals surface area contributed by atoms with Crippen LogP contribution in [0.15, 0.2) is 46.0 Å². The van der Waals surface area contributed by atoms with Crippen molar-refractivity contribution in [1.82, 2.24) is 44.8 Å². The normalized spacial score (nSPS) is 21.9. The summed E-state index contributed by atoms with van der Waals surface area (Å²) in [4.78, 5) is 77.5. The first-order valence-corrected chi connectivity index (χ1v) is 21.9. The van der Waals surface area contributed by atoms with E-state index in [2.05, 4.69) is 35.6 Å². The lowest BCUT2D eigenvalue weighted by atomic mass is 9.53. The van der Waals surface area contributed by atoms with Gasteiger partial charge in [0.2, 0.25) is 17.6 Å². The Morgan fingerprint density at radius 1 is 0.941 bits per heavy atom. The Labute approximate surface area is 382 Å². The van der Waals surface area contributed by atoms with E-state index in [4.69, 9.17) is 19.4 Å². The van der Waals surface area contributed by atoms with E-state index < -0.39 is 58.8 Å². The van der Waals surface area contributed by atoms with Gasteiger partial charge in [-0.05, 0) is 93.5 Å². The minimum atomic E-state index is -5.08. The lowest BCUT2D eigenvalue weighted by Crippen LogP contribution is -2.49. The van der Waals surface area contributed by atoms with E-state index in [-0.39, 0.29) is 41.3 Å². The first kappa shape index (κ1) is 47.6. The second-order valence-corrected chi connectivity index (χ2v) is 17.8. The van der Waals surface area contributed by atoms with Crippen molar-refractivity contribution in [3.63, 3.8) is 0 Å². The topological polar surface area (TPSA) is 231 Å². The number of imide groups is 1. The van der Waals surface area contributed by atoms with Gasteiger partial charge in [0.05, 0.1) is 29.0 Å². The highest BCUT2D eigenvalue weighted by molar-refractivity contribution is 6.00. The number of anilines is 1. The van der Waals surface area contributed by atoms with Crippen molar-refractivity contribution in [1.29, 1.82) is 0 Å². The van der Waals surface area contributed by atoms with Gasteiger partial charge in [-0.15, -0.1) is 0 Å². The molecular formula is C44H46F6N10O8. The van der Waals surface area contributed by atoms with E-state index in [1.54, 1.807) is 24.0 Å². The van der Waals surface area contributed by atoms with Crippen LogP contribution in [0.25, 0.3) is 22.6 Å². The molecule has 3 aliphatic carbocycles. The van der Waals surface area contributed by atoms with Crippen LogP contribution >= 0.6 is 0 Å². The van der Waals surface area contributed by atoms with Crippen LogP contribution in [0.5, 0.6) is 5.75 Å². The van der Waals surface area contributed by atoms with Crippen LogP contribution in [0.4, 0.5) is 32.2 Å². The summed E-state index contributed by atoms with van der Waals surface area (Å²) in [7, 11) is 1.70. The van der Waals surface area contributed by atoms with Gasteiger partial charge < -0.3 is 25.0 Å². The van der Waals surface area contributed by atoms with Crippen molar-refractivity contribution in [3.05, 3.63) is 81.5 Å². The first-order valence-electron chi connectivity index (χ1n) is 21.9. The molecule has 1 atom stereocenters. The predicted octanol–water partition coefficient (Wildman–Crippen LogP) is 4.69. The maximum absolute atomic E-state index is 14.3. The van der Waals surface area contributed by atoms with E-state index in [0.717, 1.165) is 101 Å². The second-order valence-electron chi connectivity index (χ2n) is 17.8. The number of hydrogen-bond donors (Lipinski definition) is 4. The van der Waals surface area contributed by atoms with Gasteiger partial charge in [-0.25, -0.2) is 28.3 Å². The number of fused-ring (bicyclic) bond motifs is 4. The Kier molecular flexibility index (Phi) is 13.1. The molecule has 2 bridgehead atoms. The zero-order valence-corrected chi connectivity index (χ0v) is 36.5. The molecule has 10 rings (SSSR count). The number of piperidine rings is 1. The number of hydrogen-bond acceptors (Lipinski definition) is 13. The third-order valence-electron chi connectivity index (χ3n) is 13.7. The number of aromatic hydroxyl groups is 1. The van der Waals surface area contributed by atoms with Crippen molar-refractivity contribution in [3.8, 4) is 17.3 Å². The number of carbonyl (C=O) groups excluding carboxylic acids is 3. The van der Waals surface area contributed by atoms with Crippen molar-refractivity contribution in [2.24, 2.45) is 12.5 Å². The summed E-state index contributed by atoms with van der Waals surface area (Å²) in [5.74, 6) is -9.07. The number of phenols is 1. The molecule has 3 amide bonds. The number of aliphatic carboxylic acids is 1. The average Bonchev–Trinajstić information content (AvgIpc) is 3.93. The zero-order valence-electron chi connectivity index (χ0n) is 36.5. The molecule has 3 aromatic heterocycles. The van der Waals surface area contributed by atoms with Crippen molar-refractivity contribution in [2.75, 3.05) is 44.2 Å². The summed E-state index contributed by atoms with van der Waals surface area (Å²) in [5.41, 5.74) is 1.40. The van der Waals surface area contributed by atoms with E-state index in [0.29, 0.717) is 29.5 Å². The Morgan fingerprint density at radius 3 is 2.26 bits per heavy atom. The molecule has 3 saturated carbocycles. The SMILES string of the molecule is Cn1c(=O)n([C@@H]2CCC(=O)NC2=O)c2ccc(CCCN3CCN(c4cnc(-c5nc(C67CCC(CNC(=O)c8cc(F)c(O)c(F)c8F)(CC6)CC7)no5)cn4)CC3)cc21.O=C(O)C(F)(F)F. The number of carboxylic acid groups (broad SMARTS) is 1. The molecule has 5 heterocycles. The quantitative estimate of drug-likeness (QED) is 0.0800. The maximum Gasteiger partial charge on any atom is 0.490 e. The number of carbonyl (C=O) groups is 4. The summed E-state index contributed by atoms with van der Waals surface area (Å²) >= 11 is 0. The van der Waals surface area contributed by atoms with E-state index in [9.17, 15) is 50.6 Å². The van der Waals surface area contributed by atoms with Crippen LogP contribution in [-0.4, -0.2) is 113 Å². The highest BCUT2D eigenvalue weighted by Gasteiger charge is 2.52. The maximum atomic E-state index is 14.3. The number of imidazole rings is 1. The minimum absolute atomic E-state index is 0.199. The molecule has 362 valence electrons. The van der Waals surface area contributed by atoms with Crippen LogP contribution in [0.1, 0.15) is 85.6 Å². The number of halogens is 6. The van der Waals surface area contributed by atoms with E-state index in [1.807, 2.05) is 18.2 Å². The summed E-state index contributed by atoms with van der Waals surface area (Å²) in [6.45, 7) is 4.45. The molecule has 5 aliphatic rings. The average molecular weight is 957 g/mol. The number of rotatable bonds is 11. The summed E-state index contributed by atoms with van der Waals surface area (Å²) < 4.78 is 82.4. The number of alkyl halides is 3. The molecule has 18 nitrogen and oxygen atoms in total. The summed E-state index contributed by atoms with van der Waals surface area (Å²) in [6, 6.07) is 5.70. The second kappa shape index (κ2) is 18.7. The molecule has 2 aliphatic heterocycles. The Bertz CT molecular complexity index is 2800. The zero-order chi connectivity index (χ0) is 48.7. The predicted molar refractivity (Wildman–Crippen MR) is 227 cm³/mol. The molecule has 0 spiro atoms. The highest BCUT2D eigenvalue weighted by Crippen LogP contribution is 2.57.